The van der Waals surface area contributed by atoms with Crippen molar-refractivity contribution >= 4 is 24.0 Å². The predicted molar refractivity (Wildman–Crippen MR) is 123 cm³/mol. The van der Waals surface area contributed by atoms with Crippen molar-refractivity contribution in [1.82, 2.24) is 10.6 Å². The quantitative estimate of drug-likeness (QED) is 0.349. The predicted octanol–water partition coefficient (Wildman–Crippen LogP) is 3.18. The third kappa shape index (κ3) is 5.70. The second-order valence-electron chi connectivity index (χ2n) is 8.29. The Hall–Kier alpha value is -3.39. The van der Waals surface area contributed by atoms with Gasteiger partial charge in [0.1, 0.15) is 6.10 Å². The summed E-state index contributed by atoms with van der Waals surface area (Å²) in [6.45, 7) is 1.85. The lowest BCUT2D eigenvalue weighted by Gasteiger charge is -2.30. The highest BCUT2D eigenvalue weighted by Gasteiger charge is 2.38. The zero-order valence-electron chi connectivity index (χ0n) is 18.9. The van der Waals surface area contributed by atoms with Gasteiger partial charge in [-0.3, -0.25) is 0 Å². The zero-order chi connectivity index (χ0) is 24.0. The molecule has 33 heavy (non-hydrogen) atoms. The smallest absolute Gasteiger partial charge is 0.334 e. The van der Waals surface area contributed by atoms with Gasteiger partial charge in [0.05, 0.1) is 17.1 Å². The van der Waals surface area contributed by atoms with Gasteiger partial charge < -0.3 is 25.6 Å². The van der Waals surface area contributed by atoms with Crippen LogP contribution in [-0.2, 0) is 19.1 Å². The number of nitrogens with one attached hydrogen (secondary N) is 2. The Bertz CT molecular complexity index is 1020. The Balaban J connectivity index is 2.00. The van der Waals surface area contributed by atoms with Crippen LogP contribution in [0, 0.1) is 0 Å². The van der Waals surface area contributed by atoms with Crippen molar-refractivity contribution in [2.75, 3.05) is 13.6 Å². The molecule has 0 aromatic heterocycles. The summed E-state index contributed by atoms with van der Waals surface area (Å²) in [5.74, 6) is -3.89. The number of esters is 1. The summed E-state index contributed by atoms with van der Waals surface area (Å²) >= 11 is 0. The number of carbonyl (C=O) groups excluding carboxylic acids is 1. The second-order valence-corrected chi connectivity index (χ2v) is 8.29. The molecule has 1 aliphatic heterocycles. The Morgan fingerprint density at radius 1 is 1.09 bits per heavy atom. The van der Waals surface area contributed by atoms with E-state index in [1.54, 1.807) is 44.3 Å². The first-order valence-corrected chi connectivity index (χ1v) is 11.1. The molecular weight excluding hydrogens is 424 g/mol. The number of carboxylic acid groups (broad SMARTS) is 2. The van der Waals surface area contributed by atoms with Crippen LogP contribution in [0.3, 0.4) is 0 Å². The monoisotopic (exact) mass is 454 g/mol. The van der Waals surface area contributed by atoms with Gasteiger partial charge in [0.15, 0.2) is 0 Å². The number of hydrogen-bond acceptors (Lipinski definition) is 6. The third-order valence-electron chi connectivity index (χ3n) is 6.00. The number of rotatable bonds is 8. The van der Waals surface area contributed by atoms with Crippen LogP contribution in [0.1, 0.15) is 56.1 Å². The SMILES string of the molecule is CNCC1=C(C(=O)O)C(c2ccccc2/C=C/C(=O)OC2CCCCC2)C(C(=O)O)=C(C)N1. The van der Waals surface area contributed by atoms with Crippen LogP contribution in [0.5, 0.6) is 0 Å². The van der Waals surface area contributed by atoms with Crippen molar-refractivity contribution in [2.45, 2.75) is 51.0 Å². The van der Waals surface area contributed by atoms with E-state index < -0.39 is 23.8 Å². The number of ether oxygens (including phenoxy) is 1. The molecule has 0 bridgehead atoms. The molecule has 1 unspecified atom stereocenters. The van der Waals surface area contributed by atoms with Crippen molar-refractivity contribution in [2.24, 2.45) is 0 Å². The van der Waals surface area contributed by atoms with Gasteiger partial charge >= 0.3 is 17.9 Å². The van der Waals surface area contributed by atoms with Gasteiger partial charge in [-0.2, -0.15) is 0 Å². The highest BCUT2D eigenvalue weighted by molar-refractivity contribution is 5.99. The molecule has 1 aromatic carbocycles. The van der Waals surface area contributed by atoms with Crippen LogP contribution >= 0.6 is 0 Å². The molecule has 1 heterocycles. The number of benzene rings is 1. The van der Waals surface area contributed by atoms with Crippen molar-refractivity contribution in [3.63, 3.8) is 0 Å². The molecule has 0 spiro atoms. The van der Waals surface area contributed by atoms with Gasteiger partial charge in [0.25, 0.3) is 0 Å². The molecule has 8 nitrogen and oxygen atoms in total. The lowest BCUT2D eigenvalue weighted by atomic mass is 9.78. The topological polar surface area (TPSA) is 125 Å². The summed E-state index contributed by atoms with van der Waals surface area (Å²) in [5.41, 5.74) is 1.73. The van der Waals surface area contributed by atoms with Crippen LogP contribution in [0.4, 0.5) is 0 Å². The molecule has 3 rings (SSSR count). The van der Waals surface area contributed by atoms with Gasteiger partial charge in [-0.05, 0) is 56.9 Å². The van der Waals surface area contributed by atoms with Gasteiger partial charge in [0.2, 0.25) is 0 Å². The van der Waals surface area contributed by atoms with E-state index in [1.807, 2.05) is 0 Å². The summed E-state index contributed by atoms with van der Waals surface area (Å²) in [6, 6.07) is 6.90. The Kier molecular flexibility index (Phi) is 8.06. The maximum absolute atomic E-state index is 12.4. The van der Waals surface area contributed by atoms with E-state index in [0.29, 0.717) is 22.5 Å². The van der Waals surface area contributed by atoms with E-state index in [9.17, 15) is 24.6 Å². The lowest BCUT2D eigenvalue weighted by Crippen LogP contribution is -2.35. The highest BCUT2D eigenvalue weighted by atomic mass is 16.5. The minimum atomic E-state index is -1.21. The molecule has 4 N–H and O–H groups in total. The Labute approximate surface area is 193 Å². The van der Waals surface area contributed by atoms with Gasteiger partial charge in [-0.1, -0.05) is 30.7 Å². The maximum Gasteiger partial charge on any atom is 0.334 e. The third-order valence-corrected chi connectivity index (χ3v) is 6.00. The van der Waals surface area contributed by atoms with Gasteiger partial charge in [-0.25, -0.2) is 14.4 Å². The minimum Gasteiger partial charge on any atom is -0.478 e. The molecule has 0 radical (unpaired) electrons. The summed E-state index contributed by atoms with van der Waals surface area (Å²) in [4.78, 5) is 36.8. The number of carbonyl (C=O) groups is 3. The summed E-state index contributed by atoms with van der Waals surface area (Å²) in [5, 5.41) is 25.8. The first kappa shape index (κ1) is 24.3. The summed E-state index contributed by atoms with van der Waals surface area (Å²) < 4.78 is 5.53. The number of hydrogen-bond donors (Lipinski definition) is 4. The Morgan fingerprint density at radius 3 is 2.39 bits per heavy atom. The molecule has 1 saturated carbocycles. The number of likely N-dealkylation sites (N-methyl/N-ethyl adjacent to an activating group) is 1. The number of carboxylic acids is 2. The van der Waals surface area contributed by atoms with Crippen molar-refractivity contribution < 1.29 is 29.3 Å². The summed E-state index contributed by atoms with van der Waals surface area (Å²) in [6.07, 6.45) is 7.77. The second kappa shape index (κ2) is 11.0. The molecule has 8 heteroatoms. The fourth-order valence-electron chi connectivity index (χ4n) is 4.53. The average molecular weight is 455 g/mol. The number of dihydropyridines is 1. The first-order valence-electron chi connectivity index (χ1n) is 11.1. The molecule has 176 valence electrons. The Morgan fingerprint density at radius 2 is 1.76 bits per heavy atom. The molecule has 1 atom stereocenters. The van der Waals surface area contributed by atoms with E-state index in [1.165, 1.54) is 6.08 Å². The average Bonchev–Trinajstić information content (AvgIpc) is 2.78. The van der Waals surface area contributed by atoms with E-state index in [2.05, 4.69) is 10.6 Å². The maximum atomic E-state index is 12.4. The van der Waals surface area contributed by atoms with E-state index in [4.69, 9.17) is 4.74 Å². The van der Waals surface area contributed by atoms with Crippen LogP contribution < -0.4 is 10.6 Å². The first-order chi connectivity index (χ1) is 15.8. The zero-order valence-corrected chi connectivity index (χ0v) is 18.9. The molecule has 2 aliphatic rings. The fraction of sp³-hybridized carbons (Fsp3) is 0.400. The highest BCUT2D eigenvalue weighted by Crippen LogP contribution is 2.40. The molecule has 0 saturated heterocycles. The van der Waals surface area contributed by atoms with Crippen LogP contribution in [0.25, 0.3) is 6.08 Å². The van der Waals surface area contributed by atoms with E-state index in [-0.39, 0.29) is 23.8 Å². The largest absolute Gasteiger partial charge is 0.478 e. The van der Waals surface area contributed by atoms with Gasteiger partial charge in [0, 0.05) is 24.0 Å². The van der Waals surface area contributed by atoms with E-state index in [0.717, 1.165) is 32.1 Å². The van der Waals surface area contributed by atoms with Crippen molar-refractivity contribution in [3.05, 3.63) is 64.0 Å². The van der Waals surface area contributed by atoms with Crippen LogP contribution in [0.2, 0.25) is 0 Å². The van der Waals surface area contributed by atoms with E-state index >= 15 is 0 Å². The fourth-order valence-corrected chi connectivity index (χ4v) is 4.53. The molecule has 1 fully saturated rings. The number of aliphatic carboxylic acids is 2. The van der Waals surface area contributed by atoms with Crippen LogP contribution in [-0.4, -0.2) is 47.8 Å². The standard InChI is InChI=1S/C25H30N2O6/c1-15-21(24(29)30)22(23(25(31)32)19(27-15)14-26-2)18-11-7-6-8-16(18)12-13-20(28)33-17-9-4-3-5-10-17/h6-8,11-13,17,22,26-27H,3-5,9-10,14H2,1-2H3,(H,29,30)(H,31,32)/b13-12+. The normalized spacial score (nSPS) is 19.5. The minimum absolute atomic E-state index is 0.0435. The van der Waals surface area contributed by atoms with Crippen molar-refractivity contribution in [3.8, 4) is 0 Å². The van der Waals surface area contributed by atoms with Gasteiger partial charge in [-0.15, -0.1) is 0 Å². The molecule has 1 aromatic rings. The van der Waals surface area contributed by atoms with Crippen LogP contribution in [0.15, 0.2) is 52.9 Å². The molecular formula is C25H30N2O6. The molecule has 0 amide bonds. The number of allylic oxidation sites excluding steroid dienone is 1. The molecule has 1 aliphatic carbocycles. The summed E-state index contributed by atoms with van der Waals surface area (Å²) in [7, 11) is 1.68. The lowest BCUT2D eigenvalue weighted by molar-refractivity contribution is -0.144. The van der Waals surface area contributed by atoms with Crippen molar-refractivity contribution in [1.29, 1.82) is 0 Å².